The quantitative estimate of drug-likeness (QED) is 0.649. The summed E-state index contributed by atoms with van der Waals surface area (Å²) >= 11 is 0. The highest BCUT2D eigenvalue weighted by Gasteiger charge is 2.47. The van der Waals surface area contributed by atoms with Crippen molar-refractivity contribution in [2.24, 2.45) is 23.7 Å². The third-order valence-corrected chi connectivity index (χ3v) is 8.37. The van der Waals surface area contributed by atoms with E-state index in [1.165, 1.54) is 32.1 Å². The molecule has 3 fully saturated rings. The summed E-state index contributed by atoms with van der Waals surface area (Å²) in [7, 11) is 0. The molecule has 4 heteroatoms. The Kier molecular flexibility index (Phi) is 7.07. The van der Waals surface area contributed by atoms with Gasteiger partial charge in [-0.2, -0.15) is 0 Å². The molecular weight excluding hydrogens is 406 g/mol. The van der Waals surface area contributed by atoms with Gasteiger partial charge in [-0.1, -0.05) is 67.1 Å². The third-order valence-electron chi connectivity index (χ3n) is 8.37. The average molecular weight is 442 g/mol. The Morgan fingerprint density at radius 3 is 2.32 bits per heavy atom. The molecule has 1 aliphatic heterocycles. The fourth-order valence-corrected chi connectivity index (χ4v) is 6.64. The summed E-state index contributed by atoms with van der Waals surface area (Å²) in [4.78, 5) is 2.50. The van der Waals surface area contributed by atoms with E-state index in [9.17, 15) is 10.2 Å². The first-order chi connectivity index (χ1) is 14.6. The number of aliphatic hydroxyl groups excluding tert-OH is 1. The molecule has 168 valence electrons. The zero-order valence-corrected chi connectivity index (χ0v) is 19.1. The zero-order valence-electron chi connectivity index (χ0n) is 18.3. The summed E-state index contributed by atoms with van der Waals surface area (Å²) in [6.07, 6.45) is 7.07. The van der Waals surface area contributed by atoms with E-state index in [2.05, 4.69) is 4.90 Å². The summed E-state index contributed by atoms with van der Waals surface area (Å²) in [5.74, 6) is 2.62. The minimum absolute atomic E-state index is 0. The second-order valence-corrected chi connectivity index (χ2v) is 10.0. The van der Waals surface area contributed by atoms with Gasteiger partial charge in [0.05, 0.1) is 11.7 Å². The number of hydrogen-bond acceptors (Lipinski definition) is 3. The van der Waals surface area contributed by atoms with Crippen molar-refractivity contribution in [1.29, 1.82) is 0 Å². The van der Waals surface area contributed by atoms with Gasteiger partial charge in [0.15, 0.2) is 0 Å². The Morgan fingerprint density at radius 2 is 1.68 bits per heavy atom. The van der Waals surface area contributed by atoms with Crippen LogP contribution in [0.5, 0.6) is 0 Å². The van der Waals surface area contributed by atoms with E-state index in [1.54, 1.807) is 0 Å². The fourth-order valence-electron chi connectivity index (χ4n) is 6.64. The van der Waals surface area contributed by atoms with Gasteiger partial charge in [0, 0.05) is 19.0 Å². The molecule has 0 aromatic heterocycles. The van der Waals surface area contributed by atoms with Gasteiger partial charge in [0.25, 0.3) is 0 Å². The molecule has 5 rings (SSSR count). The lowest BCUT2D eigenvalue weighted by atomic mass is 9.72. The first kappa shape index (κ1) is 22.8. The molecule has 3 nitrogen and oxygen atoms in total. The van der Waals surface area contributed by atoms with Crippen molar-refractivity contribution in [2.75, 3.05) is 19.6 Å². The molecule has 2 saturated carbocycles. The molecule has 0 spiro atoms. The maximum Gasteiger partial charge on any atom is 0.0977 e. The van der Waals surface area contributed by atoms with Gasteiger partial charge in [-0.15, -0.1) is 12.4 Å². The summed E-state index contributed by atoms with van der Waals surface area (Å²) in [5.41, 5.74) is 0.823. The maximum absolute atomic E-state index is 11.8. The lowest BCUT2D eigenvalue weighted by molar-refractivity contribution is -0.123. The van der Waals surface area contributed by atoms with Gasteiger partial charge in [0.2, 0.25) is 0 Å². The largest absolute Gasteiger partial charge is 0.388 e. The van der Waals surface area contributed by atoms with Crippen molar-refractivity contribution in [3.63, 3.8) is 0 Å². The highest BCUT2D eigenvalue weighted by atomic mass is 35.5. The molecule has 0 radical (unpaired) electrons. The molecule has 2 N–H and O–H groups in total. The minimum atomic E-state index is -1.00. The Balaban J connectivity index is 0.00000231. The molecule has 31 heavy (non-hydrogen) atoms. The smallest absolute Gasteiger partial charge is 0.0977 e. The van der Waals surface area contributed by atoms with Crippen molar-refractivity contribution in [2.45, 2.75) is 50.2 Å². The molecule has 1 unspecified atom stereocenters. The van der Waals surface area contributed by atoms with Gasteiger partial charge < -0.3 is 15.1 Å². The number of fused-ring (bicyclic) bond motifs is 2. The summed E-state index contributed by atoms with van der Waals surface area (Å²) < 4.78 is 0. The van der Waals surface area contributed by atoms with Crippen molar-refractivity contribution in [3.05, 3.63) is 71.8 Å². The molecule has 6 atom stereocenters. The summed E-state index contributed by atoms with van der Waals surface area (Å²) in [6, 6.07) is 19.8. The van der Waals surface area contributed by atoms with Gasteiger partial charge >= 0.3 is 0 Å². The summed E-state index contributed by atoms with van der Waals surface area (Å²) in [6.45, 7) is 2.73. The molecular formula is C27H36ClNO2. The topological polar surface area (TPSA) is 43.7 Å². The number of rotatable bonds is 6. The molecule has 0 amide bonds. The molecule has 2 bridgehead atoms. The number of halogens is 1. The third kappa shape index (κ3) is 4.57. The second kappa shape index (κ2) is 9.62. The lowest BCUT2D eigenvalue weighted by Crippen LogP contribution is -2.52. The van der Waals surface area contributed by atoms with Crippen LogP contribution in [0.4, 0.5) is 0 Å². The number of benzene rings is 2. The maximum atomic E-state index is 11.8. The average Bonchev–Trinajstić information content (AvgIpc) is 3.43. The van der Waals surface area contributed by atoms with Crippen molar-refractivity contribution in [1.82, 2.24) is 4.90 Å². The Morgan fingerprint density at radius 1 is 0.968 bits per heavy atom. The van der Waals surface area contributed by atoms with Crippen molar-refractivity contribution >= 4 is 12.4 Å². The molecule has 2 aliphatic carbocycles. The molecule has 3 aliphatic rings. The van der Waals surface area contributed by atoms with Crippen molar-refractivity contribution < 1.29 is 10.2 Å². The summed E-state index contributed by atoms with van der Waals surface area (Å²) in [5, 5.41) is 23.2. The van der Waals surface area contributed by atoms with Gasteiger partial charge in [-0.25, -0.2) is 0 Å². The van der Waals surface area contributed by atoms with Gasteiger partial charge in [-0.3, -0.25) is 0 Å². The van der Waals surface area contributed by atoms with Crippen LogP contribution in [0.3, 0.4) is 0 Å². The SMILES string of the molecule is Cl.O[C@@H](c1ccccc1)[C@@H]1CN(CCC2C[C@@H]3CC[C@H]2C3)CC[C@@]1(O)c1ccccc1. The zero-order chi connectivity index (χ0) is 20.6. The van der Waals surface area contributed by atoms with Crippen molar-refractivity contribution in [3.8, 4) is 0 Å². The highest BCUT2D eigenvalue weighted by Crippen LogP contribution is 2.50. The monoisotopic (exact) mass is 441 g/mol. The van der Waals surface area contributed by atoms with Crippen LogP contribution in [0.25, 0.3) is 0 Å². The number of likely N-dealkylation sites (tertiary alicyclic amines) is 1. The van der Waals surface area contributed by atoms with Gasteiger partial charge in [-0.05, 0) is 67.5 Å². The van der Waals surface area contributed by atoms with E-state index in [0.29, 0.717) is 6.42 Å². The van der Waals surface area contributed by atoms with Crippen LogP contribution in [0.2, 0.25) is 0 Å². The van der Waals surface area contributed by atoms with E-state index >= 15 is 0 Å². The Labute approximate surface area is 192 Å². The van der Waals surface area contributed by atoms with Crippen LogP contribution in [0, 0.1) is 23.7 Å². The number of hydrogen-bond donors (Lipinski definition) is 2. The Hall–Kier alpha value is -1.39. The Bertz CT molecular complexity index is 832. The lowest BCUT2D eigenvalue weighted by Gasteiger charge is -2.47. The predicted octanol–water partition coefficient (Wildman–Crippen LogP) is 5.18. The van der Waals surface area contributed by atoms with Crippen LogP contribution >= 0.6 is 12.4 Å². The highest BCUT2D eigenvalue weighted by molar-refractivity contribution is 5.85. The molecule has 2 aromatic carbocycles. The van der Waals surface area contributed by atoms with Crippen LogP contribution in [-0.4, -0.2) is 34.7 Å². The number of piperidine rings is 1. The predicted molar refractivity (Wildman–Crippen MR) is 127 cm³/mol. The van der Waals surface area contributed by atoms with E-state index in [-0.39, 0.29) is 18.3 Å². The normalized spacial score (nSPS) is 33.7. The fraction of sp³-hybridized carbons (Fsp3) is 0.556. The number of aliphatic hydroxyl groups is 2. The van der Waals surface area contributed by atoms with Crippen LogP contribution < -0.4 is 0 Å². The second-order valence-electron chi connectivity index (χ2n) is 10.0. The first-order valence-electron chi connectivity index (χ1n) is 11.9. The van der Waals surface area contributed by atoms with Crippen LogP contribution in [0.15, 0.2) is 60.7 Å². The molecule has 2 aromatic rings. The minimum Gasteiger partial charge on any atom is -0.388 e. The van der Waals surface area contributed by atoms with Crippen LogP contribution in [-0.2, 0) is 5.60 Å². The van der Waals surface area contributed by atoms with Crippen LogP contribution in [0.1, 0.15) is 55.8 Å². The van der Waals surface area contributed by atoms with E-state index in [0.717, 1.165) is 48.5 Å². The van der Waals surface area contributed by atoms with E-state index in [1.807, 2.05) is 60.7 Å². The standard InChI is InChI=1S/C27H35NO2.ClH/c29-26(21-7-3-1-4-8-21)25-19-28(15-13-23-18-20-11-12-22(23)17-20)16-14-27(25,30)24-9-5-2-6-10-24;/h1-10,20,22-23,25-26,29-30H,11-19H2;1H/t20-,22+,23?,25+,26+,27-;/m1./s1. The molecule has 1 heterocycles. The molecule has 1 saturated heterocycles. The van der Waals surface area contributed by atoms with Gasteiger partial charge in [0.1, 0.15) is 0 Å². The number of nitrogens with zero attached hydrogens (tertiary/aromatic N) is 1. The van der Waals surface area contributed by atoms with E-state index < -0.39 is 11.7 Å². The first-order valence-corrected chi connectivity index (χ1v) is 11.9. The van der Waals surface area contributed by atoms with E-state index in [4.69, 9.17) is 0 Å².